The van der Waals surface area contributed by atoms with E-state index in [0.29, 0.717) is 11.3 Å². The van der Waals surface area contributed by atoms with Crippen molar-refractivity contribution < 1.29 is 14.3 Å². The van der Waals surface area contributed by atoms with Gasteiger partial charge in [-0.2, -0.15) is 0 Å². The first-order chi connectivity index (χ1) is 10.6. The van der Waals surface area contributed by atoms with Gasteiger partial charge >= 0.3 is 5.97 Å². The fourth-order valence-electron chi connectivity index (χ4n) is 1.75. The summed E-state index contributed by atoms with van der Waals surface area (Å²) in [6.07, 6.45) is 0. The molecule has 0 radical (unpaired) electrons. The van der Waals surface area contributed by atoms with E-state index in [2.05, 4.69) is 22.5 Å². The molecule has 0 N–H and O–H groups in total. The zero-order chi connectivity index (χ0) is 15.9. The molecular weight excluding hydrogens is 344 g/mol. The van der Waals surface area contributed by atoms with Crippen LogP contribution in [0.5, 0.6) is 11.5 Å². The lowest BCUT2D eigenvalue weighted by Crippen LogP contribution is -2.17. The number of carbonyl (C=O) groups is 1. The summed E-state index contributed by atoms with van der Waals surface area (Å²) >= 11 is 3.24. The van der Waals surface area contributed by atoms with Gasteiger partial charge in [-0.3, -0.25) is 4.79 Å². The van der Waals surface area contributed by atoms with Crippen LogP contribution in [-0.4, -0.2) is 10.8 Å². The van der Waals surface area contributed by atoms with Crippen LogP contribution in [0.15, 0.2) is 66.7 Å². The van der Waals surface area contributed by atoms with E-state index in [-0.39, 0.29) is 12.6 Å². The Hall–Kier alpha value is -2.07. The normalized spacial score (nSPS) is 11.5. The van der Waals surface area contributed by atoms with Gasteiger partial charge in [0.25, 0.3) is 0 Å². The monoisotopic (exact) mass is 360 g/mol. The number of hydrogen-bond acceptors (Lipinski definition) is 3. The van der Waals surface area contributed by atoms with Crippen LogP contribution in [-0.2, 0) is 16.1 Å². The summed E-state index contributed by atoms with van der Waals surface area (Å²) in [7, 11) is 0. The average molecular weight is 361 g/mol. The fraction of sp³-hybridized carbons (Fsp3) is 0.167. The third-order valence-electron chi connectivity index (χ3n) is 2.90. The highest BCUT2D eigenvalue weighted by Gasteiger charge is 2.16. The average Bonchev–Trinajstić information content (AvgIpc) is 2.53. The maximum absolute atomic E-state index is 11.8. The van der Waals surface area contributed by atoms with Crippen LogP contribution in [0.3, 0.4) is 0 Å². The van der Waals surface area contributed by atoms with Crippen molar-refractivity contribution in [3.63, 3.8) is 0 Å². The summed E-state index contributed by atoms with van der Waals surface area (Å²) in [5.41, 5.74) is 1.58. The number of esters is 1. The lowest BCUT2D eigenvalue weighted by atomic mass is 10.2. The van der Waals surface area contributed by atoms with E-state index < -0.39 is 4.83 Å². The van der Waals surface area contributed by atoms with Crippen molar-refractivity contribution in [3.8, 4) is 11.5 Å². The van der Waals surface area contributed by atoms with Gasteiger partial charge in [-0.25, -0.2) is 0 Å². The molecule has 0 aliphatic carbocycles. The Morgan fingerprint density at radius 3 is 2.50 bits per heavy atom. The Morgan fingerprint density at radius 2 is 1.82 bits per heavy atom. The second kappa shape index (κ2) is 7.80. The summed E-state index contributed by atoms with van der Waals surface area (Å²) in [5, 5.41) is 0. The molecule has 3 nitrogen and oxygen atoms in total. The topological polar surface area (TPSA) is 35.5 Å². The Balaban J connectivity index is 1.97. The summed E-state index contributed by atoms with van der Waals surface area (Å²) in [5.74, 6) is 1.12. The second-order valence-electron chi connectivity index (χ2n) is 4.88. The third kappa shape index (κ3) is 4.74. The number of alkyl halides is 1. The third-order valence-corrected chi connectivity index (χ3v) is 4.05. The van der Waals surface area contributed by atoms with Crippen molar-refractivity contribution in [2.24, 2.45) is 0 Å². The van der Waals surface area contributed by atoms with Gasteiger partial charge in [0, 0.05) is 0 Å². The van der Waals surface area contributed by atoms with E-state index in [1.807, 2.05) is 54.6 Å². The van der Waals surface area contributed by atoms with Gasteiger partial charge in [-0.15, -0.1) is 0 Å². The number of halogens is 1. The molecule has 22 heavy (non-hydrogen) atoms. The maximum atomic E-state index is 11.8. The largest absolute Gasteiger partial charge is 0.460 e. The van der Waals surface area contributed by atoms with Crippen molar-refractivity contribution in [2.45, 2.75) is 18.4 Å². The molecule has 2 rings (SSSR count). The van der Waals surface area contributed by atoms with E-state index >= 15 is 0 Å². The van der Waals surface area contributed by atoms with Crippen molar-refractivity contribution in [1.29, 1.82) is 0 Å². The van der Waals surface area contributed by atoms with Gasteiger partial charge < -0.3 is 9.47 Å². The number of carbonyl (C=O) groups excluding carboxylic acids is 1. The molecule has 2 aromatic carbocycles. The first-order valence-electron chi connectivity index (χ1n) is 6.84. The van der Waals surface area contributed by atoms with Crippen LogP contribution in [0, 0.1) is 0 Å². The first-order valence-corrected chi connectivity index (χ1v) is 7.76. The van der Waals surface area contributed by atoms with Crippen molar-refractivity contribution in [1.82, 2.24) is 0 Å². The predicted molar refractivity (Wildman–Crippen MR) is 90.3 cm³/mol. The van der Waals surface area contributed by atoms with Gasteiger partial charge in [-0.1, -0.05) is 58.4 Å². The molecule has 0 aliphatic heterocycles. The summed E-state index contributed by atoms with van der Waals surface area (Å²) in [6.45, 7) is 5.69. The summed E-state index contributed by atoms with van der Waals surface area (Å²) < 4.78 is 11.0. The molecule has 1 unspecified atom stereocenters. The fourth-order valence-corrected chi connectivity index (χ4v) is 1.88. The number of ether oxygens (including phenoxy) is 2. The Bertz CT molecular complexity index is 652. The molecule has 0 spiro atoms. The second-order valence-corrected chi connectivity index (χ2v) is 5.79. The number of para-hydroxylation sites is 1. The van der Waals surface area contributed by atoms with E-state index in [1.165, 1.54) is 0 Å². The molecule has 0 heterocycles. The summed E-state index contributed by atoms with van der Waals surface area (Å²) in [4.78, 5) is 11.3. The maximum Gasteiger partial charge on any atom is 0.324 e. The molecule has 0 saturated carbocycles. The molecule has 0 bridgehead atoms. The Morgan fingerprint density at radius 1 is 1.14 bits per heavy atom. The molecule has 2 aromatic rings. The number of hydrogen-bond donors (Lipinski definition) is 0. The standard InChI is InChI=1S/C18H17BrO3/c1-13(2)17(19)18(20)21-12-14-7-6-10-16(11-14)22-15-8-4-3-5-9-15/h3-11,17H,1,12H2,2H3. The van der Waals surface area contributed by atoms with Crippen LogP contribution in [0.1, 0.15) is 12.5 Å². The van der Waals surface area contributed by atoms with Crippen LogP contribution in [0.4, 0.5) is 0 Å². The van der Waals surface area contributed by atoms with Crippen LogP contribution < -0.4 is 4.74 Å². The van der Waals surface area contributed by atoms with E-state index in [1.54, 1.807) is 6.92 Å². The van der Waals surface area contributed by atoms with E-state index in [9.17, 15) is 4.79 Å². The zero-order valence-corrected chi connectivity index (χ0v) is 13.9. The molecule has 0 fully saturated rings. The van der Waals surface area contributed by atoms with Crippen LogP contribution in [0.2, 0.25) is 0 Å². The van der Waals surface area contributed by atoms with Gasteiger partial charge in [0.05, 0.1) is 0 Å². The minimum atomic E-state index is -0.476. The predicted octanol–water partition coefficient (Wildman–Crippen LogP) is 4.86. The molecule has 0 amide bonds. The van der Waals surface area contributed by atoms with Gasteiger partial charge in [0.1, 0.15) is 22.9 Å². The first kappa shape index (κ1) is 16.3. The van der Waals surface area contributed by atoms with Crippen molar-refractivity contribution in [2.75, 3.05) is 0 Å². The van der Waals surface area contributed by atoms with E-state index in [4.69, 9.17) is 9.47 Å². The Labute approximate surface area is 138 Å². The van der Waals surface area contributed by atoms with Crippen LogP contribution >= 0.6 is 15.9 Å². The molecule has 114 valence electrons. The van der Waals surface area contributed by atoms with Gasteiger partial charge in [0.15, 0.2) is 0 Å². The molecule has 1 atom stereocenters. The highest BCUT2D eigenvalue weighted by molar-refractivity contribution is 9.10. The minimum absolute atomic E-state index is 0.195. The lowest BCUT2D eigenvalue weighted by molar-refractivity contribution is -0.143. The highest BCUT2D eigenvalue weighted by atomic mass is 79.9. The van der Waals surface area contributed by atoms with Crippen molar-refractivity contribution >= 4 is 21.9 Å². The molecule has 0 saturated heterocycles. The van der Waals surface area contributed by atoms with Gasteiger partial charge in [-0.05, 0) is 36.8 Å². The number of rotatable bonds is 6. The quantitative estimate of drug-likeness (QED) is 0.419. The SMILES string of the molecule is C=C(C)C(Br)C(=O)OCc1cccc(Oc2ccccc2)c1. The number of benzene rings is 2. The molecule has 0 aliphatic rings. The van der Waals surface area contributed by atoms with Crippen LogP contribution in [0.25, 0.3) is 0 Å². The minimum Gasteiger partial charge on any atom is -0.460 e. The van der Waals surface area contributed by atoms with Crippen molar-refractivity contribution in [3.05, 3.63) is 72.3 Å². The Kier molecular flexibility index (Phi) is 5.78. The smallest absolute Gasteiger partial charge is 0.324 e. The highest BCUT2D eigenvalue weighted by Crippen LogP contribution is 2.22. The van der Waals surface area contributed by atoms with E-state index in [0.717, 1.165) is 11.3 Å². The molecule has 0 aromatic heterocycles. The lowest BCUT2D eigenvalue weighted by Gasteiger charge is -2.11. The zero-order valence-electron chi connectivity index (χ0n) is 12.3. The summed E-state index contributed by atoms with van der Waals surface area (Å²) in [6, 6.07) is 17.0. The molecule has 4 heteroatoms. The van der Waals surface area contributed by atoms with Gasteiger partial charge in [0.2, 0.25) is 0 Å². The molecular formula is C18H17BrO3.